The third kappa shape index (κ3) is 5.13. The molecular weight excluding hydrogens is 288 g/mol. The second-order valence-electron chi connectivity index (χ2n) is 6.18. The fourth-order valence-electron chi connectivity index (χ4n) is 1.90. The SMILES string of the molecule is Cc1oc(CNC(C)C)cc1S(=O)(=O)N(C)CCC(C)C. The van der Waals surface area contributed by atoms with Crippen LogP contribution in [0.1, 0.15) is 45.6 Å². The van der Waals surface area contributed by atoms with Crippen molar-refractivity contribution < 1.29 is 12.8 Å². The summed E-state index contributed by atoms with van der Waals surface area (Å²) in [6.07, 6.45) is 0.842. The van der Waals surface area contributed by atoms with Crippen LogP contribution in [0.4, 0.5) is 0 Å². The minimum atomic E-state index is -3.47. The summed E-state index contributed by atoms with van der Waals surface area (Å²) in [6.45, 7) is 11.0. The standard InChI is InChI=1S/C15H28N2O3S/c1-11(2)7-8-17(6)21(18,19)15-9-14(20-13(15)5)10-16-12(3)4/h9,11-12,16H,7-8,10H2,1-6H3. The van der Waals surface area contributed by atoms with Crippen molar-refractivity contribution in [3.63, 3.8) is 0 Å². The lowest BCUT2D eigenvalue weighted by atomic mass is 10.1. The Balaban J connectivity index is 2.87. The van der Waals surface area contributed by atoms with Gasteiger partial charge < -0.3 is 9.73 Å². The van der Waals surface area contributed by atoms with Crippen molar-refractivity contribution in [1.29, 1.82) is 0 Å². The number of aryl methyl sites for hydroxylation is 1. The second kappa shape index (κ2) is 7.42. The van der Waals surface area contributed by atoms with Gasteiger partial charge in [-0.2, -0.15) is 0 Å². The van der Waals surface area contributed by atoms with Crippen molar-refractivity contribution in [3.05, 3.63) is 17.6 Å². The number of rotatable bonds is 8. The first-order valence-electron chi connectivity index (χ1n) is 7.43. The Morgan fingerprint density at radius 1 is 1.29 bits per heavy atom. The van der Waals surface area contributed by atoms with Gasteiger partial charge >= 0.3 is 0 Å². The number of sulfonamides is 1. The smallest absolute Gasteiger partial charge is 0.246 e. The molecule has 0 radical (unpaired) electrons. The van der Waals surface area contributed by atoms with Crippen LogP contribution >= 0.6 is 0 Å². The maximum absolute atomic E-state index is 12.6. The Hall–Kier alpha value is -0.850. The quantitative estimate of drug-likeness (QED) is 0.801. The van der Waals surface area contributed by atoms with Crippen LogP contribution in [0.2, 0.25) is 0 Å². The van der Waals surface area contributed by atoms with Gasteiger partial charge in [-0.1, -0.05) is 27.7 Å². The predicted octanol–water partition coefficient (Wildman–Crippen LogP) is 2.75. The third-order valence-corrected chi connectivity index (χ3v) is 5.28. The zero-order valence-corrected chi connectivity index (χ0v) is 14.8. The first kappa shape index (κ1) is 18.2. The Kier molecular flexibility index (Phi) is 6.43. The fourth-order valence-corrected chi connectivity index (χ4v) is 3.27. The van der Waals surface area contributed by atoms with E-state index in [0.29, 0.717) is 36.6 Å². The van der Waals surface area contributed by atoms with E-state index in [1.165, 1.54) is 4.31 Å². The molecule has 5 nitrogen and oxygen atoms in total. The number of nitrogens with zero attached hydrogens (tertiary/aromatic N) is 1. The summed E-state index contributed by atoms with van der Waals surface area (Å²) in [6, 6.07) is 1.95. The van der Waals surface area contributed by atoms with Gasteiger partial charge in [0.1, 0.15) is 16.4 Å². The third-order valence-electron chi connectivity index (χ3n) is 3.32. The Morgan fingerprint density at radius 3 is 2.43 bits per heavy atom. The van der Waals surface area contributed by atoms with Crippen LogP contribution in [0, 0.1) is 12.8 Å². The average Bonchev–Trinajstić information content (AvgIpc) is 2.75. The fraction of sp³-hybridized carbons (Fsp3) is 0.733. The lowest BCUT2D eigenvalue weighted by molar-refractivity contribution is 0.423. The molecule has 1 N–H and O–H groups in total. The predicted molar refractivity (Wildman–Crippen MR) is 84.7 cm³/mol. The molecule has 0 spiro atoms. The highest BCUT2D eigenvalue weighted by atomic mass is 32.2. The van der Waals surface area contributed by atoms with Crippen LogP contribution in [-0.4, -0.2) is 32.4 Å². The summed E-state index contributed by atoms with van der Waals surface area (Å²) in [5.74, 6) is 1.57. The highest BCUT2D eigenvalue weighted by Gasteiger charge is 2.26. The zero-order valence-electron chi connectivity index (χ0n) is 13.9. The van der Waals surface area contributed by atoms with E-state index in [9.17, 15) is 8.42 Å². The van der Waals surface area contributed by atoms with E-state index in [0.717, 1.165) is 6.42 Å². The summed E-state index contributed by atoms with van der Waals surface area (Å²) in [7, 11) is -1.85. The van der Waals surface area contributed by atoms with Gasteiger partial charge in [0, 0.05) is 25.7 Å². The van der Waals surface area contributed by atoms with E-state index < -0.39 is 10.0 Å². The average molecular weight is 316 g/mol. The molecule has 0 aliphatic rings. The Labute approximate surface area is 128 Å². The molecule has 0 aliphatic heterocycles. The Bertz CT molecular complexity index is 547. The summed E-state index contributed by atoms with van der Waals surface area (Å²) >= 11 is 0. The normalized spacial score (nSPS) is 12.8. The van der Waals surface area contributed by atoms with Gasteiger partial charge in [0.25, 0.3) is 0 Å². The summed E-state index contributed by atoms with van der Waals surface area (Å²) in [5, 5.41) is 3.22. The molecule has 0 amide bonds. The van der Waals surface area contributed by atoms with Crippen molar-refractivity contribution in [2.45, 2.75) is 58.5 Å². The monoisotopic (exact) mass is 316 g/mol. The van der Waals surface area contributed by atoms with Gasteiger partial charge in [0.2, 0.25) is 10.0 Å². The summed E-state index contributed by atoms with van der Waals surface area (Å²) in [5.41, 5.74) is 0. The molecule has 1 aromatic heterocycles. The van der Waals surface area contributed by atoms with Crippen molar-refractivity contribution >= 4 is 10.0 Å². The first-order valence-corrected chi connectivity index (χ1v) is 8.87. The van der Waals surface area contributed by atoms with E-state index in [-0.39, 0.29) is 4.90 Å². The van der Waals surface area contributed by atoms with Gasteiger partial charge in [0.05, 0.1) is 6.54 Å². The van der Waals surface area contributed by atoms with Crippen molar-refractivity contribution in [3.8, 4) is 0 Å². The maximum Gasteiger partial charge on any atom is 0.246 e. The molecule has 1 heterocycles. The first-order chi connectivity index (χ1) is 9.64. The highest BCUT2D eigenvalue weighted by Crippen LogP contribution is 2.23. The van der Waals surface area contributed by atoms with Crippen LogP contribution in [0.15, 0.2) is 15.4 Å². The molecule has 0 saturated heterocycles. The molecule has 122 valence electrons. The molecule has 0 saturated carbocycles. The Morgan fingerprint density at radius 2 is 1.90 bits per heavy atom. The van der Waals surface area contributed by atoms with E-state index in [2.05, 4.69) is 19.2 Å². The summed E-state index contributed by atoms with van der Waals surface area (Å²) in [4.78, 5) is 0.273. The molecule has 0 atom stereocenters. The molecule has 0 aromatic carbocycles. The van der Waals surface area contributed by atoms with Crippen LogP contribution in [-0.2, 0) is 16.6 Å². The van der Waals surface area contributed by atoms with Crippen molar-refractivity contribution in [1.82, 2.24) is 9.62 Å². The molecular formula is C15H28N2O3S. The highest BCUT2D eigenvalue weighted by molar-refractivity contribution is 7.89. The van der Waals surface area contributed by atoms with Gasteiger partial charge in [-0.25, -0.2) is 12.7 Å². The molecule has 21 heavy (non-hydrogen) atoms. The molecule has 0 aliphatic carbocycles. The van der Waals surface area contributed by atoms with Crippen LogP contribution in [0.3, 0.4) is 0 Å². The summed E-state index contributed by atoms with van der Waals surface area (Å²) < 4.78 is 32.1. The van der Waals surface area contributed by atoms with Crippen molar-refractivity contribution in [2.75, 3.05) is 13.6 Å². The molecule has 1 aromatic rings. The second-order valence-corrected chi connectivity index (χ2v) is 8.19. The van der Waals surface area contributed by atoms with E-state index in [1.54, 1.807) is 20.0 Å². The molecule has 0 bridgehead atoms. The van der Waals surface area contributed by atoms with Crippen LogP contribution in [0.25, 0.3) is 0 Å². The molecule has 0 fully saturated rings. The topological polar surface area (TPSA) is 62.6 Å². The number of hydrogen-bond donors (Lipinski definition) is 1. The molecule has 0 unspecified atom stereocenters. The number of hydrogen-bond acceptors (Lipinski definition) is 4. The van der Waals surface area contributed by atoms with E-state index >= 15 is 0 Å². The van der Waals surface area contributed by atoms with Gasteiger partial charge in [-0.15, -0.1) is 0 Å². The lowest BCUT2D eigenvalue weighted by Gasteiger charge is -2.17. The molecule has 6 heteroatoms. The minimum absolute atomic E-state index is 0.273. The van der Waals surface area contributed by atoms with Crippen molar-refractivity contribution in [2.24, 2.45) is 5.92 Å². The van der Waals surface area contributed by atoms with E-state index in [4.69, 9.17) is 4.42 Å². The number of nitrogens with one attached hydrogen (secondary N) is 1. The van der Waals surface area contributed by atoms with Gasteiger partial charge in [-0.3, -0.25) is 0 Å². The lowest BCUT2D eigenvalue weighted by Crippen LogP contribution is -2.28. The number of furan rings is 1. The molecule has 1 rings (SSSR count). The maximum atomic E-state index is 12.6. The van der Waals surface area contributed by atoms with Gasteiger partial charge in [0.15, 0.2) is 0 Å². The largest absolute Gasteiger partial charge is 0.464 e. The minimum Gasteiger partial charge on any atom is -0.464 e. The van der Waals surface area contributed by atoms with Gasteiger partial charge in [-0.05, 0) is 19.3 Å². The zero-order chi connectivity index (χ0) is 16.2. The van der Waals surface area contributed by atoms with Crippen LogP contribution < -0.4 is 5.32 Å². The van der Waals surface area contributed by atoms with Crippen LogP contribution in [0.5, 0.6) is 0 Å². The van der Waals surface area contributed by atoms with E-state index in [1.807, 2.05) is 13.8 Å².